The van der Waals surface area contributed by atoms with Gasteiger partial charge in [-0.1, -0.05) is 68.4 Å². The summed E-state index contributed by atoms with van der Waals surface area (Å²) >= 11 is 0. The van der Waals surface area contributed by atoms with E-state index < -0.39 is 11.9 Å². The third kappa shape index (κ3) is 6.35. The van der Waals surface area contributed by atoms with Crippen LogP contribution in [0.4, 0.5) is 0 Å². The van der Waals surface area contributed by atoms with Gasteiger partial charge in [0.15, 0.2) is 0 Å². The molecule has 0 saturated heterocycles. The van der Waals surface area contributed by atoms with E-state index in [1.54, 1.807) is 12.1 Å². The number of carbonyl (C=O) groups excluding carboxylic acids is 2. The molecule has 1 rings (SSSR count). The zero-order chi connectivity index (χ0) is 21.7. The molecule has 0 aromatic heterocycles. The first-order chi connectivity index (χ1) is 12.8. The van der Waals surface area contributed by atoms with Gasteiger partial charge in [0, 0.05) is 0 Å². The lowest BCUT2D eigenvalue weighted by atomic mass is 9.87. The van der Waals surface area contributed by atoms with Gasteiger partial charge in [-0.3, -0.25) is 0 Å². The van der Waals surface area contributed by atoms with E-state index in [2.05, 4.69) is 0 Å². The van der Waals surface area contributed by atoms with Crippen molar-refractivity contribution in [3.05, 3.63) is 34.9 Å². The maximum absolute atomic E-state index is 13.0. The van der Waals surface area contributed by atoms with Gasteiger partial charge in [0.2, 0.25) is 0 Å². The molecule has 1 aromatic carbocycles. The Labute approximate surface area is 171 Å². The zero-order valence-electron chi connectivity index (χ0n) is 19.1. The number of benzene rings is 1. The van der Waals surface area contributed by atoms with Crippen LogP contribution in [0.1, 0.15) is 101 Å². The molecular weight excluding hydrogens is 352 g/mol. The highest BCUT2D eigenvalue weighted by Crippen LogP contribution is 2.28. The minimum Gasteiger partial charge on any atom is -0.458 e. The van der Waals surface area contributed by atoms with Gasteiger partial charge in [-0.05, 0) is 47.8 Å². The van der Waals surface area contributed by atoms with Crippen LogP contribution in [0.25, 0.3) is 0 Å². The highest BCUT2D eigenvalue weighted by atomic mass is 16.6. The van der Waals surface area contributed by atoms with Crippen LogP contribution in [-0.2, 0) is 15.9 Å². The average molecular weight is 391 g/mol. The number of rotatable bonds is 7. The molecule has 0 N–H and O–H groups in total. The first-order valence-electron chi connectivity index (χ1n) is 10.4. The molecule has 0 fully saturated rings. The van der Waals surface area contributed by atoms with Gasteiger partial charge in [0.25, 0.3) is 0 Å². The normalized spacial score (nSPS) is 14.3. The van der Waals surface area contributed by atoms with Gasteiger partial charge in [-0.2, -0.15) is 0 Å². The average Bonchev–Trinajstić information content (AvgIpc) is 2.61. The third-order valence-electron chi connectivity index (χ3n) is 5.10. The lowest BCUT2D eigenvalue weighted by Crippen LogP contribution is -2.33. The zero-order valence-corrected chi connectivity index (χ0v) is 19.1. The van der Waals surface area contributed by atoms with Crippen molar-refractivity contribution in [2.75, 3.05) is 0 Å². The Balaban J connectivity index is 3.24. The number of hydrogen-bond donors (Lipinski definition) is 0. The van der Waals surface area contributed by atoms with Gasteiger partial charge < -0.3 is 9.47 Å². The standard InChI is InChI=1S/C24H38O4/c1-10-16-13-14-17(21(25)27-19(11-2)23(4,5)6)18(15-16)22(26)28-20(12-3)24(7,8)9/h13-15,19-20H,10-12H2,1-9H3. The maximum atomic E-state index is 13.0. The smallest absolute Gasteiger partial charge is 0.339 e. The van der Waals surface area contributed by atoms with E-state index in [9.17, 15) is 9.59 Å². The Morgan fingerprint density at radius 3 is 1.57 bits per heavy atom. The van der Waals surface area contributed by atoms with Crippen LogP contribution < -0.4 is 0 Å². The topological polar surface area (TPSA) is 52.6 Å². The number of carbonyl (C=O) groups is 2. The first-order valence-corrected chi connectivity index (χ1v) is 10.4. The van der Waals surface area contributed by atoms with Gasteiger partial charge in [0.1, 0.15) is 12.2 Å². The largest absolute Gasteiger partial charge is 0.458 e. The summed E-state index contributed by atoms with van der Waals surface area (Å²) in [6.07, 6.45) is 1.74. The third-order valence-corrected chi connectivity index (χ3v) is 5.10. The number of hydrogen-bond acceptors (Lipinski definition) is 4. The predicted molar refractivity (Wildman–Crippen MR) is 114 cm³/mol. The lowest BCUT2D eigenvalue weighted by Gasteiger charge is -2.30. The molecule has 4 nitrogen and oxygen atoms in total. The van der Waals surface area contributed by atoms with E-state index in [4.69, 9.17) is 9.47 Å². The summed E-state index contributed by atoms with van der Waals surface area (Å²) < 4.78 is 11.6. The highest BCUT2D eigenvalue weighted by Gasteiger charge is 2.31. The first kappa shape index (κ1) is 24.2. The molecule has 2 atom stereocenters. The lowest BCUT2D eigenvalue weighted by molar-refractivity contribution is -0.00793. The quantitative estimate of drug-likeness (QED) is 0.519. The molecule has 0 saturated carbocycles. The summed E-state index contributed by atoms with van der Waals surface area (Å²) in [6, 6.07) is 5.31. The van der Waals surface area contributed by atoms with Crippen LogP contribution in [0.15, 0.2) is 18.2 Å². The Kier molecular flexibility index (Phi) is 8.28. The molecular formula is C24H38O4. The van der Waals surface area contributed by atoms with Gasteiger partial charge in [-0.25, -0.2) is 9.59 Å². The molecule has 0 bridgehead atoms. The van der Waals surface area contributed by atoms with E-state index in [-0.39, 0.29) is 34.2 Å². The van der Waals surface area contributed by atoms with E-state index in [0.29, 0.717) is 12.8 Å². The minimum atomic E-state index is -0.472. The SMILES string of the molecule is CCc1ccc(C(=O)OC(CC)C(C)(C)C)c(C(=O)OC(CC)C(C)(C)C)c1. The molecule has 158 valence electrons. The second kappa shape index (κ2) is 9.58. The molecule has 0 radical (unpaired) electrons. The Morgan fingerprint density at radius 2 is 1.21 bits per heavy atom. The van der Waals surface area contributed by atoms with E-state index >= 15 is 0 Å². The Morgan fingerprint density at radius 1 is 0.786 bits per heavy atom. The van der Waals surface area contributed by atoms with Crippen molar-refractivity contribution >= 4 is 11.9 Å². The molecule has 2 unspecified atom stereocenters. The van der Waals surface area contributed by atoms with Crippen molar-refractivity contribution in [1.82, 2.24) is 0 Å². The number of ether oxygens (including phenoxy) is 2. The summed E-state index contributed by atoms with van der Waals surface area (Å²) in [6.45, 7) is 18.3. The molecule has 1 aromatic rings. The monoisotopic (exact) mass is 390 g/mol. The Hall–Kier alpha value is -1.84. The van der Waals surface area contributed by atoms with Gasteiger partial charge in [-0.15, -0.1) is 0 Å². The minimum absolute atomic E-state index is 0.173. The number of esters is 2. The molecule has 0 aliphatic rings. The summed E-state index contributed by atoms with van der Waals surface area (Å²) in [7, 11) is 0. The fourth-order valence-corrected chi connectivity index (χ4v) is 3.29. The van der Waals surface area contributed by atoms with Crippen molar-refractivity contribution in [2.24, 2.45) is 10.8 Å². The summed E-state index contributed by atoms with van der Waals surface area (Å²) in [5.74, 6) is -0.937. The van der Waals surface area contributed by atoms with E-state index in [1.807, 2.05) is 68.4 Å². The summed E-state index contributed by atoms with van der Waals surface area (Å²) in [5, 5.41) is 0. The second-order valence-electron chi connectivity index (χ2n) is 9.57. The molecule has 0 spiro atoms. The van der Waals surface area contributed by atoms with Crippen LogP contribution in [-0.4, -0.2) is 24.1 Å². The fourth-order valence-electron chi connectivity index (χ4n) is 3.29. The molecule has 0 aliphatic carbocycles. The van der Waals surface area contributed by atoms with Crippen LogP contribution in [0, 0.1) is 10.8 Å². The molecule has 0 amide bonds. The van der Waals surface area contributed by atoms with E-state index in [0.717, 1.165) is 12.0 Å². The molecule has 4 heteroatoms. The van der Waals surface area contributed by atoms with Crippen LogP contribution >= 0.6 is 0 Å². The fraction of sp³-hybridized carbons (Fsp3) is 0.667. The van der Waals surface area contributed by atoms with Gasteiger partial charge in [0.05, 0.1) is 11.1 Å². The molecule has 0 heterocycles. The van der Waals surface area contributed by atoms with Crippen molar-refractivity contribution in [3.63, 3.8) is 0 Å². The predicted octanol–water partition coefficient (Wildman–Crippen LogP) is 6.21. The van der Waals surface area contributed by atoms with Crippen molar-refractivity contribution < 1.29 is 19.1 Å². The van der Waals surface area contributed by atoms with Crippen LogP contribution in [0.2, 0.25) is 0 Å². The molecule has 0 aliphatic heterocycles. The van der Waals surface area contributed by atoms with Gasteiger partial charge >= 0.3 is 11.9 Å². The second-order valence-corrected chi connectivity index (χ2v) is 9.57. The van der Waals surface area contributed by atoms with Crippen LogP contribution in [0.5, 0.6) is 0 Å². The van der Waals surface area contributed by atoms with E-state index in [1.165, 1.54) is 0 Å². The maximum Gasteiger partial charge on any atom is 0.339 e. The van der Waals surface area contributed by atoms with Crippen molar-refractivity contribution in [1.29, 1.82) is 0 Å². The number of aryl methyl sites for hydroxylation is 1. The highest BCUT2D eigenvalue weighted by molar-refractivity contribution is 6.03. The summed E-state index contributed by atoms with van der Waals surface area (Å²) in [4.78, 5) is 25.9. The molecule has 28 heavy (non-hydrogen) atoms. The summed E-state index contributed by atoms with van der Waals surface area (Å²) in [5.41, 5.74) is 1.20. The van der Waals surface area contributed by atoms with Crippen LogP contribution in [0.3, 0.4) is 0 Å². The van der Waals surface area contributed by atoms with Crippen molar-refractivity contribution in [3.8, 4) is 0 Å². The Bertz CT molecular complexity index is 677. The van der Waals surface area contributed by atoms with Crippen molar-refractivity contribution in [2.45, 2.75) is 93.8 Å².